The first-order valence-corrected chi connectivity index (χ1v) is 11.4. The van der Waals surface area contributed by atoms with E-state index in [0.29, 0.717) is 40.2 Å². The number of rotatable bonds is 6. The van der Waals surface area contributed by atoms with Crippen molar-refractivity contribution in [2.75, 3.05) is 24.9 Å². The zero-order chi connectivity index (χ0) is 23.7. The van der Waals surface area contributed by atoms with E-state index in [4.69, 9.17) is 19.6 Å². The van der Waals surface area contributed by atoms with Gasteiger partial charge in [-0.3, -0.25) is 9.78 Å². The molecule has 0 aliphatic carbocycles. The van der Waals surface area contributed by atoms with E-state index >= 15 is 0 Å². The Morgan fingerprint density at radius 1 is 1.15 bits per heavy atom. The maximum atomic E-state index is 13.5. The van der Waals surface area contributed by atoms with Gasteiger partial charge in [0.05, 0.1) is 36.6 Å². The summed E-state index contributed by atoms with van der Waals surface area (Å²) in [5.74, 6) is 2.03. The third kappa shape index (κ3) is 3.88. The molecule has 0 radical (unpaired) electrons. The van der Waals surface area contributed by atoms with E-state index < -0.39 is 6.04 Å². The van der Waals surface area contributed by atoms with E-state index in [-0.39, 0.29) is 5.91 Å². The minimum absolute atomic E-state index is 0.267. The molecule has 5 rings (SSSR count). The number of carbonyl (C=O) groups is 1. The predicted octanol–water partition coefficient (Wildman–Crippen LogP) is 4.35. The monoisotopic (exact) mass is 474 g/mol. The fourth-order valence-corrected chi connectivity index (χ4v) is 4.57. The summed E-state index contributed by atoms with van der Waals surface area (Å²) in [5, 5.41) is 12.9. The van der Waals surface area contributed by atoms with Gasteiger partial charge in [0, 0.05) is 11.9 Å². The van der Waals surface area contributed by atoms with Gasteiger partial charge in [-0.1, -0.05) is 12.1 Å². The van der Waals surface area contributed by atoms with E-state index in [1.54, 1.807) is 54.8 Å². The van der Waals surface area contributed by atoms with Gasteiger partial charge in [-0.05, 0) is 48.2 Å². The minimum atomic E-state index is -0.547. The van der Waals surface area contributed by atoms with Gasteiger partial charge in [-0.15, -0.1) is 16.4 Å². The zero-order valence-electron chi connectivity index (χ0n) is 18.8. The second-order valence-electron chi connectivity index (χ2n) is 7.56. The van der Waals surface area contributed by atoms with Crippen LogP contribution in [-0.2, 0) is 4.79 Å². The van der Waals surface area contributed by atoms with Crippen molar-refractivity contribution in [1.82, 2.24) is 19.7 Å². The molecule has 3 aromatic heterocycles. The van der Waals surface area contributed by atoms with Gasteiger partial charge in [0.2, 0.25) is 5.95 Å². The molecule has 1 amide bonds. The van der Waals surface area contributed by atoms with Crippen LogP contribution in [0.25, 0.3) is 10.7 Å². The Balaban J connectivity index is 1.63. The third-order valence-corrected chi connectivity index (χ3v) is 6.35. The van der Waals surface area contributed by atoms with Crippen LogP contribution in [0.5, 0.6) is 11.5 Å². The van der Waals surface area contributed by atoms with Crippen LogP contribution in [0.2, 0.25) is 0 Å². The number of aromatic nitrogens is 4. The first-order chi connectivity index (χ1) is 16.6. The van der Waals surface area contributed by atoms with Crippen LogP contribution < -0.4 is 20.1 Å². The molecular formula is C24H22N6O3S. The lowest BCUT2D eigenvalue weighted by molar-refractivity contribution is -0.113. The van der Waals surface area contributed by atoms with Crippen LogP contribution in [0.15, 0.2) is 71.5 Å². The van der Waals surface area contributed by atoms with E-state index in [0.717, 1.165) is 10.4 Å². The fourth-order valence-electron chi connectivity index (χ4n) is 3.92. The van der Waals surface area contributed by atoms with Gasteiger partial charge in [0.25, 0.3) is 5.91 Å². The quantitative estimate of drug-likeness (QED) is 0.428. The summed E-state index contributed by atoms with van der Waals surface area (Å²) in [5.41, 5.74) is 2.59. The average molecular weight is 475 g/mol. The van der Waals surface area contributed by atoms with Gasteiger partial charge < -0.3 is 20.1 Å². The van der Waals surface area contributed by atoms with Gasteiger partial charge in [-0.25, -0.2) is 4.68 Å². The summed E-state index contributed by atoms with van der Waals surface area (Å²) < 4.78 is 12.7. The number of benzene rings is 1. The third-order valence-electron chi connectivity index (χ3n) is 5.48. The fraction of sp³-hybridized carbons (Fsp3) is 0.167. The molecule has 34 heavy (non-hydrogen) atoms. The van der Waals surface area contributed by atoms with E-state index in [1.165, 1.54) is 0 Å². The minimum Gasteiger partial charge on any atom is -0.493 e. The van der Waals surface area contributed by atoms with Crippen LogP contribution in [0.1, 0.15) is 18.5 Å². The van der Waals surface area contributed by atoms with Crippen molar-refractivity contribution in [1.29, 1.82) is 0 Å². The normalized spacial score (nSPS) is 14.9. The average Bonchev–Trinajstić information content (AvgIpc) is 3.53. The van der Waals surface area contributed by atoms with Crippen molar-refractivity contribution in [3.8, 4) is 22.2 Å². The lowest BCUT2D eigenvalue weighted by Gasteiger charge is -2.29. The Labute approximate surface area is 200 Å². The Morgan fingerprint density at radius 2 is 2.00 bits per heavy atom. The first kappa shape index (κ1) is 21.7. The summed E-state index contributed by atoms with van der Waals surface area (Å²) in [6.45, 7) is 1.86. The van der Waals surface area contributed by atoms with Crippen LogP contribution in [-0.4, -0.2) is 39.9 Å². The molecule has 0 saturated heterocycles. The van der Waals surface area contributed by atoms with Crippen molar-refractivity contribution in [2.45, 2.75) is 13.0 Å². The number of fused-ring (bicyclic) bond motifs is 1. The van der Waals surface area contributed by atoms with E-state index in [1.807, 2.05) is 42.6 Å². The van der Waals surface area contributed by atoms with Crippen molar-refractivity contribution < 1.29 is 14.3 Å². The number of nitrogens with one attached hydrogen (secondary N) is 2. The second kappa shape index (κ2) is 8.99. The maximum Gasteiger partial charge on any atom is 0.255 e. The van der Waals surface area contributed by atoms with E-state index in [9.17, 15) is 4.79 Å². The zero-order valence-corrected chi connectivity index (χ0v) is 19.6. The van der Waals surface area contributed by atoms with Crippen molar-refractivity contribution in [2.24, 2.45) is 0 Å². The molecule has 1 atom stereocenters. The maximum absolute atomic E-state index is 13.5. The van der Waals surface area contributed by atoms with E-state index in [2.05, 4.69) is 15.6 Å². The molecule has 0 saturated carbocycles. The Kier molecular flexibility index (Phi) is 5.72. The van der Waals surface area contributed by atoms with Crippen molar-refractivity contribution in [3.05, 3.63) is 77.1 Å². The highest BCUT2D eigenvalue weighted by Crippen LogP contribution is 2.40. The molecule has 1 aliphatic heterocycles. The first-order valence-electron chi connectivity index (χ1n) is 10.5. The summed E-state index contributed by atoms with van der Waals surface area (Å²) in [6, 6.07) is 12.5. The number of amides is 1. The number of thiophene rings is 1. The molecule has 10 heteroatoms. The Morgan fingerprint density at radius 3 is 2.71 bits per heavy atom. The highest BCUT2D eigenvalue weighted by Gasteiger charge is 2.35. The molecule has 0 fully saturated rings. The highest BCUT2D eigenvalue weighted by molar-refractivity contribution is 7.13. The topological polar surface area (TPSA) is 103 Å². The molecule has 9 nitrogen and oxygen atoms in total. The summed E-state index contributed by atoms with van der Waals surface area (Å²) in [7, 11) is 3.17. The molecule has 0 spiro atoms. The standard InChI is InChI=1S/C24H22N6O3S/c1-14-20(23(31)27-16-6-4-10-25-13-16)21(15-8-9-17(32-2)18(12-15)33-3)30-24(26-14)28-22(29-30)19-7-5-11-34-19/h4-13,21H,1-3H3,(H,27,31)(H,26,28,29)/t21-/m1/s1. The lowest BCUT2D eigenvalue weighted by Crippen LogP contribution is -2.31. The number of carbonyl (C=O) groups excluding carboxylic acids is 1. The van der Waals surface area contributed by atoms with Gasteiger partial charge >= 0.3 is 0 Å². The molecular weight excluding hydrogens is 452 g/mol. The van der Waals surface area contributed by atoms with Crippen LogP contribution in [0.3, 0.4) is 0 Å². The lowest BCUT2D eigenvalue weighted by atomic mass is 9.94. The predicted molar refractivity (Wildman–Crippen MR) is 130 cm³/mol. The summed E-state index contributed by atoms with van der Waals surface area (Å²) >= 11 is 1.55. The Bertz CT molecular complexity index is 1360. The number of hydrogen-bond acceptors (Lipinski definition) is 8. The van der Waals surface area contributed by atoms with Crippen LogP contribution >= 0.6 is 11.3 Å². The number of anilines is 2. The molecule has 4 heterocycles. The molecule has 172 valence electrons. The molecule has 1 aliphatic rings. The highest BCUT2D eigenvalue weighted by atomic mass is 32.1. The number of nitrogens with zero attached hydrogens (tertiary/aromatic N) is 4. The smallest absolute Gasteiger partial charge is 0.255 e. The number of pyridine rings is 1. The molecule has 0 bridgehead atoms. The summed E-state index contributed by atoms with van der Waals surface area (Å²) in [6.07, 6.45) is 3.26. The van der Waals surface area contributed by atoms with Gasteiger partial charge in [0.1, 0.15) is 6.04 Å². The molecule has 0 unspecified atom stereocenters. The van der Waals surface area contributed by atoms with Gasteiger partial charge in [-0.2, -0.15) is 4.98 Å². The number of methoxy groups -OCH3 is 2. The molecule has 2 N–H and O–H groups in total. The van der Waals surface area contributed by atoms with Crippen LogP contribution in [0, 0.1) is 0 Å². The number of ether oxygens (including phenoxy) is 2. The molecule has 1 aromatic carbocycles. The van der Waals surface area contributed by atoms with Crippen LogP contribution in [0.4, 0.5) is 11.6 Å². The van der Waals surface area contributed by atoms with Crippen molar-refractivity contribution in [3.63, 3.8) is 0 Å². The largest absolute Gasteiger partial charge is 0.493 e. The Hall–Kier alpha value is -4.18. The summed E-state index contributed by atoms with van der Waals surface area (Å²) in [4.78, 5) is 23.2. The van der Waals surface area contributed by atoms with Gasteiger partial charge in [0.15, 0.2) is 17.3 Å². The number of hydrogen-bond donors (Lipinski definition) is 2. The molecule has 4 aromatic rings. The second-order valence-corrected chi connectivity index (χ2v) is 8.51. The SMILES string of the molecule is COc1ccc([C@@H]2C(C(=O)Nc3cccnc3)=C(C)Nc3nc(-c4cccs4)nn32)cc1OC. The van der Waals surface area contributed by atoms with Crippen molar-refractivity contribution >= 4 is 28.9 Å². The number of allylic oxidation sites excluding steroid dienone is 1.